The molecule has 0 aliphatic heterocycles. The van der Waals surface area contributed by atoms with Crippen molar-refractivity contribution in [1.82, 2.24) is 9.97 Å². The Balaban J connectivity index is 1.87. The zero-order valence-electron chi connectivity index (χ0n) is 15.2. The minimum Gasteiger partial charge on any atom is -0.340 e. The summed E-state index contributed by atoms with van der Waals surface area (Å²) in [6.45, 7) is 6.29. The average molecular weight is 339 g/mol. The third-order valence-corrected chi connectivity index (χ3v) is 4.36. The summed E-state index contributed by atoms with van der Waals surface area (Å²) in [6.07, 6.45) is 0. The van der Waals surface area contributed by atoms with Gasteiger partial charge in [-0.1, -0.05) is 42.0 Å². The topological polar surface area (TPSA) is 37.8 Å². The lowest BCUT2D eigenvalue weighted by Crippen LogP contribution is -2.00. The Morgan fingerprint density at radius 3 is 2.23 bits per heavy atom. The van der Waals surface area contributed by atoms with Crippen LogP contribution in [0.4, 0.5) is 11.5 Å². The van der Waals surface area contributed by atoms with Gasteiger partial charge in [0.25, 0.3) is 0 Å². The van der Waals surface area contributed by atoms with E-state index in [-0.39, 0.29) is 0 Å². The van der Waals surface area contributed by atoms with Crippen molar-refractivity contribution in [2.45, 2.75) is 20.8 Å². The van der Waals surface area contributed by atoms with E-state index in [2.05, 4.69) is 68.6 Å². The molecule has 1 heterocycles. The van der Waals surface area contributed by atoms with E-state index in [4.69, 9.17) is 9.97 Å². The quantitative estimate of drug-likeness (QED) is 0.500. The Morgan fingerprint density at radius 2 is 1.46 bits per heavy atom. The molecular formula is C23H21N3. The van der Waals surface area contributed by atoms with Crippen LogP contribution in [-0.2, 0) is 0 Å². The van der Waals surface area contributed by atoms with E-state index < -0.39 is 0 Å². The minimum atomic E-state index is 0.735. The second-order valence-electron chi connectivity index (χ2n) is 6.78. The van der Waals surface area contributed by atoms with E-state index in [0.29, 0.717) is 0 Å². The molecule has 1 aromatic heterocycles. The molecule has 0 aliphatic carbocycles. The Bertz CT molecular complexity index is 1080. The molecule has 0 aliphatic rings. The van der Waals surface area contributed by atoms with Crippen molar-refractivity contribution in [1.29, 1.82) is 0 Å². The summed E-state index contributed by atoms with van der Waals surface area (Å²) >= 11 is 0. The van der Waals surface area contributed by atoms with Crippen molar-refractivity contribution >= 4 is 22.4 Å². The van der Waals surface area contributed by atoms with Crippen LogP contribution in [0.3, 0.4) is 0 Å². The number of nitrogens with zero attached hydrogens (tertiary/aromatic N) is 2. The first kappa shape index (κ1) is 16.3. The Morgan fingerprint density at radius 1 is 0.692 bits per heavy atom. The van der Waals surface area contributed by atoms with E-state index in [1.165, 1.54) is 16.7 Å². The molecule has 0 amide bonds. The second-order valence-corrected chi connectivity index (χ2v) is 6.78. The lowest BCUT2D eigenvalue weighted by atomic mass is 10.1. The molecule has 4 aromatic rings. The molecule has 0 saturated carbocycles. The summed E-state index contributed by atoms with van der Waals surface area (Å²) in [4.78, 5) is 9.62. The van der Waals surface area contributed by atoms with Crippen molar-refractivity contribution in [2.75, 3.05) is 5.32 Å². The van der Waals surface area contributed by atoms with Crippen LogP contribution < -0.4 is 5.32 Å². The van der Waals surface area contributed by atoms with Crippen LogP contribution in [-0.4, -0.2) is 9.97 Å². The minimum absolute atomic E-state index is 0.735. The SMILES string of the molecule is Cc1cc(C)cc(Nc2nc(-c3cccc(C)c3)nc3ccccc23)c1. The van der Waals surface area contributed by atoms with E-state index in [1.54, 1.807) is 0 Å². The molecular weight excluding hydrogens is 318 g/mol. The molecule has 3 nitrogen and oxygen atoms in total. The van der Waals surface area contributed by atoms with Crippen molar-refractivity contribution in [3.8, 4) is 11.4 Å². The van der Waals surface area contributed by atoms with Gasteiger partial charge < -0.3 is 5.32 Å². The molecule has 0 saturated heterocycles. The van der Waals surface area contributed by atoms with Crippen LogP contribution in [0.2, 0.25) is 0 Å². The number of aryl methyl sites for hydroxylation is 3. The van der Waals surface area contributed by atoms with E-state index in [1.807, 2.05) is 24.3 Å². The molecule has 0 fully saturated rings. The first-order chi connectivity index (χ1) is 12.6. The van der Waals surface area contributed by atoms with Crippen molar-refractivity contribution in [3.63, 3.8) is 0 Å². The number of rotatable bonds is 3. The maximum Gasteiger partial charge on any atom is 0.162 e. The zero-order chi connectivity index (χ0) is 18.1. The number of aromatic nitrogens is 2. The van der Waals surface area contributed by atoms with Crippen molar-refractivity contribution < 1.29 is 0 Å². The van der Waals surface area contributed by atoms with Gasteiger partial charge in [0.1, 0.15) is 5.82 Å². The molecule has 0 bridgehead atoms. The van der Waals surface area contributed by atoms with Gasteiger partial charge in [-0.2, -0.15) is 0 Å². The lowest BCUT2D eigenvalue weighted by Gasteiger charge is -2.12. The molecule has 3 heteroatoms. The van der Waals surface area contributed by atoms with Gasteiger partial charge in [-0.25, -0.2) is 9.97 Å². The van der Waals surface area contributed by atoms with Gasteiger partial charge in [-0.3, -0.25) is 0 Å². The number of fused-ring (bicyclic) bond motifs is 1. The monoisotopic (exact) mass is 339 g/mol. The van der Waals surface area contributed by atoms with E-state index in [0.717, 1.165) is 33.8 Å². The van der Waals surface area contributed by atoms with Gasteiger partial charge in [0.05, 0.1) is 5.52 Å². The molecule has 26 heavy (non-hydrogen) atoms. The van der Waals surface area contributed by atoms with Crippen molar-refractivity contribution in [2.24, 2.45) is 0 Å². The Kier molecular flexibility index (Phi) is 4.13. The normalized spacial score (nSPS) is 10.9. The molecule has 0 spiro atoms. The number of nitrogens with one attached hydrogen (secondary N) is 1. The predicted octanol–water partition coefficient (Wildman–Crippen LogP) is 5.97. The fourth-order valence-electron chi connectivity index (χ4n) is 3.27. The molecule has 1 N–H and O–H groups in total. The first-order valence-electron chi connectivity index (χ1n) is 8.78. The Hall–Kier alpha value is -3.20. The van der Waals surface area contributed by atoms with E-state index in [9.17, 15) is 0 Å². The molecule has 4 rings (SSSR count). The van der Waals surface area contributed by atoms with Crippen LogP contribution in [0.1, 0.15) is 16.7 Å². The standard InChI is InChI=1S/C23H21N3/c1-15-7-6-8-18(12-15)22-25-21-10-5-4-9-20(21)23(26-22)24-19-13-16(2)11-17(3)14-19/h4-14H,1-3H3,(H,24,25,26). The van der Waals surface area contributed by atoms with Gasteiger partial charge in [0.15, 0.2) is 5.82 Å². The summed E-state index contributed by atoms with van der Waals surface area (Å²) in [5, 5.41) is 4.52. The largest absolute Gasteiger partial charge is 0.340 e. The highest BCUT2D eigenvalue weighted by atomic mass is 15.0. The highest BCUT2D eigenvalue weighted by Gasteiger charge is 2.10. The van der Waals surface area contributed by atoms with Crippen LogP contribution in [0, 0.1) is 20.8 Å². The zero-order valence-corrected chi connectivity index (χ0v) is 15.2. The molecule has 128 valence electrons. The summed E-state index contributed by atoms with van der Waals surface area (Å²) in [7, 11) is 0. The van der Waals surface area contributed by atoms with Crippen LogP contribution in [0.15, 0.2) is 66.7 Å². The van der Waals surface area contributed by atoms with Gasteiger partial charge >= 0.3 is 0 Å². The summed E-state index contributed by atoms with van der Waals surface area (Å²) in [5.74, 6) is 1.57. The number of hydrogen-bond acceptors (Lipinski definition) is 3. The first-order valence-corrected chi connectivity index (χ1v) is 8.78. The molecule has 0 unspecified atom stereocenters. The highest BCUT2D eigenvalue weighted by molar-refractivity contribution is 5.92. The van der Waals surface area contributed by atoms with Gasteiger partial charge in [-0.15, -0.1) is 0 Å². The summed E-state index contributed by atoms with van der Waals surface area (Å²) < 4.78 is 0. The van der Waals surface area contributed by atoms with Crippen LogP contribution in [0.25, 0.3) is 22.3 Å². The van der Waals surface area contributed by atoms with Crippen molar-refractivity contribution in [3.05, 3.63) is 83.4 Å². The third-order valence-electron chi connectivity index (χ3n) is 4.36. The van der Waals surface area contributed by atoms with Crippen LogP contribution >= 0.6 is 0 Å². The fourth-order valence-corrected chi connectivity index (χ4v) is 3.27. The maximum absolute atomic E-state index is 4.84. The molecule has 0 atom stereocenters. The summed E-state index contributed by atoms with van der Waals surface area (Å²) in [5.41, 5.74) is 6.66. The number of benzene rings is 3. The number of hydrogen-bond donors (Lipinski definition) is 1. The maximum atomic E-state index is 4.84. The highest BCUT2D eigenvalue weighted by Crippen LogP contribution is 2.28. The molecule has 3 aromatic carbocycles. The van der Waals surface area contributed by atoms with E-state index >= 15 is 0 Å². The fraction of sp³-hybridized carbons (Fsp3) is 0.130. The molecule has 0 radical (unpaired) electrons. The van der Waals surface area contributed by atoms with Crippen LogP contribution in [0.5, 0.6) is 0 Å². The van der Waals surface area contributed by atoms with Gasteiger partial charge in [-0.05, 0) is 62.2 Å². The predicted molar refractivity (Wildman–Crippen MR) is 109 cm³/mol. The Labute approximate surface area is 153 Å². The lowest BCUT2D eigenvalue weighted by molar-refractivity contribution is 1.22. The summed E-state index contributed by atoms with van der Waals surface area (Å²) in [6, 6.07) is 22.8. The smallest absolute Gasteiger partial charge is 0.162 e. The number of anilines is 2. The van der Waals surface area contributed by atoms with Gasteiger partial charge in [0, 0.05) is 16.6 Å². The third kappa shape index (κ3) is 3.29. The van der Waals surface area contributed by atoms with Gasteiger partial charge in [0.2, 0.25) is 0 Å². The second kappa shape index (κ2) is 6.60. The number of para-hydroxylation sites is 1. The average Bonchev–Trinajstić information content (AvgIpc) is 2.61.